The van der Waals surface area contributed by atoms with Crippen LogP contribution in [0.3, 0.4) is 0 Å². The lowest BCUT2D eigenvalue weighted by molar-refractivity contribution is 0.360. The molecule has 11 aromatic rings. The van der Waals surface area contributed by atoms with E-state index in [1.54, 1.807) is 0 Å². The highest BCUT2D eigenvalue weighted by Crippen LogP contribution is 2.52. The summed E-state index contributed by atoms with van der Waals surface area (Å²) in [7, 11) is 0. The Labute approximate surface area is 365 Å². The van der Waals surface area contributed by atoms with Gasteiger partial charge >= 0.3 is 0 Å². The van der Waals surface area contributed by atoms with E-state index in [0.717, 1.165) is 67.5 Å². The molecule has 10 aromatic carbocycles. The third-order valence-electron chi connectivity index (χ3n) is 13.4. The predicted molar refractivity (Wildman–Crippen MR) is 260 cm³/mol. The molecule has 0 saturated heterocycles. The van der Waals surface area contributed by atoms with Gasteiger partial charge in [0.05, 0.1) is 11.0 Å². The fourth-order valence-electron chi connectivity index (χ4n) is 10.3. The average Bonchev–Trinajstić information content (AvgIpc) is 3.77. The van der Waals surface area contributed by atoms with Crippen molar-refractivity contribution in [2.45, 2.75) is 19.3 Å². The third kappa shape index (κ3) is 5.48. The molecular formula is C59H40N2O2. The van der Waals surface area contributed by atoms with E-state index in [9.17, 15) is 0 Å². The molecule has 0 spiro atoms. The fourth-order valence-corrected chi connectivity index (χ4v) is 10.3. The Morgan fingerprint density at radius 1 is 0.381 bits per heavy atom. The largest absolute Gasteiger partial charge is 0.449 e. The minimum absolute atomic E-state index is 0.112. The molecule has 4 nitrogen and oxygen atoms in total. The Morgan fingerprint density at radius 2 is 0.968 bits per heavy atom. The number of rotatable bonds is 5. The van der Waals surface area contributed by atoms with Crippen molar-refractivity contribution in [3.63, 3.8) is 0 Å². The maximum Gasteiger partial charge on any atom is 0.172 e. The summed E-state index contributed by atoms with van der Waals surface area (Å²) < 4.78 is 15.0. The van der Waals surface area contributed by atoms with Crippen molar-refractivity contribution in [3.05, 3.63) is 217 Å². The lowest BCUT2D eigenvalue weighted by atomic mass is 9.82. The quantitative estimate of drug-likeness (QED) is 0.162. The van der Waals surface area contributed by atoms with Gasteiger partial charge in [-0.1, -0.05) is 141 Å². The van der Waals surface area contributed by atoms with Crippen LogP contribution in [0.15, 0.2) is 206 Å². The second-order valence-electron chi connectivity index (χ2n) is 17.3. The molecule has 13 rings (SSSR count). The second kappa shape index (κ2) is 13.5. The van der Waals surface area contributed by atoms with Gasteiger partial charge in [-0.05, 0) is 128 Å². The number of anilines is 3. The Kier molecular flexibility index (Phi) is 7.62. The van der Waals surface area contributed by atoms with Gasteiger partial charge in [-0.25, -0.2) is 0 Å². The van der Waals surface area contributed by atoms with Crippen LogP contribution in [0.5, 0.6) is 23.0 Å². The molecule has 0 bridgehead atoms. The van der Waals surface area contributed by atoms with Crippen molar-refractivity contribution in [2.24, 2.45) is 0 Å². The van der Waals surface area contributed by atoms with Gasteiger partial charge in [0.1, 0.15) is 0 Å². The smallest absolute Gasteiger partial charge is 0.172 e. The SMILES string of the molecule is CC1(C)c2ccccc2-c2ccc(N(c3ccc(-c4ccc(-n5c6ccccc6c6cc7c(cc65)Oc5ccccc5O7)cc4)cc3)c3ccc4c(ccc5ccccc54)c3)cc21. The van der Waals surface area contributed by atoms with Crippen LogP contribution in [0.4, 0.5) is 17.1 Å². The molecule has 0 N–H and O–H groups in total. The summed E-state index contributed by atoms with van der Waals surface area (Å²) in [5.74, 6) is 2.88. The summed E-state index contributed by atoms with van der Waals surface area (Å²) in [6.45, 7) is 4.70. The summed E-state index contributed by atoms with van der Waals surface area (Å²) >= 11 is 0. The normalized spacial score (nSPS) is 13.3. The molecule has 2 aliphatic rings. The van der Waals surface area contributed by atoms with Crippen LogP contribution < -0.4 is 14.4 Å². The van der Waals surface area contributed by atoms with E-state index in [4.69, 9.17) is 9.47 Å². The van der Waals surface area contributed by atoms with E-state index in [-0.39, 0.29) is 5.41 Å². The van der Waals surface area contributed by atoms with E-state index in [1.165, 1.54) is 49.2 Å². The Morgan fingerprint density at radius 3 is 1.78 bits per heavy atom. The summed E-state index contributed by atoms with van der Waals surface area (Å²) in [4.78, 5) is 2.41. The van der Waals surface area contributed by atoms with Crippen LogP contribution in [0.1, 0.15) is 25.0 Å². The number of benzene rings is 10. The highest BCUT2D eigenvalue weighted by atomic mass is 16.6. The molecule has 0 radical (unpaired) electrons. The molecule has 0 saturated carbocycles. The van der Waals surface area contributed by atoms with Gasteiger partial charge < -0.3 is 18.9 Å². The van der Waals surface area contributed by atoms with E-state index < -0.39 is 0 Å². The zero-order chi connectivity index (χ0) is 41.8. The Balaban J connectivity index is 0.884. The number of fused-ring (bicyclic) bond motifs is 11. The number of nitrogens with zero attached hydrogens (tertiary/aromatic N) is 2. The topological polar surface area (TPSA) is 26.6 Å². The van der Waals surface area contributed by atoms with Crippen LogP contribution >= 0.6 is 0 Å². The van der Waals surface area contributed by atoms with Gasteiger partial charge in [0.2, 0.25) is 0 Å². The number of ether oxygens (including phenoxy) is 2. The van der Waals surface area contributed by atoms with Gasteiger partial charge in [0.15, 0.2) is 23.0 Å². The standard InChI is InChI=1S/C59H40N2O2/c1-59(2)51-15-7-5-13-47(51)48-32-30-44(34-52(48)59)60(43-29-31-46-40(33-43)20-19-39-11-3-4-12-45(39)46)41-25-21-37(22-26-41)38-23-27-42(28-24-38)61-53-16-8-6-14-49(53)50-35-57-58(36-54(50)61)63-56-18-10-9-17-55(56)62-57/h3-36H,1-2H3. The van der Waals surface area contributed by atoms with E-state index >= 15 is 0 Å². The molecule has 0 unspecified atom stereocenters. The fraction of sp³-hybridized carbons (Fsp3) is 0.0508. The van der Waals surface area contributed by atoms with Gasteiger partial charge in [-0.15, -0.1) is 0 Å². The minimum Gasteiger partial charge on any atom is -0.449 e. The third-order valence-corrected chi connectivity index (χ3v) is 13.4. The van der Waals surface area contributed by atoms with Crippen molar-refractivity contribution in [2.75, 3.05) is 4.90 Å². The van der Waals surface area contributed by atoms with E-state index in [1.807, 2.05) is 24.3 Å². The molecule has 0 atom stereocenters. The molecule has 1 aliphatic heterocycles. The van der Waals surface area contributed by atoms with E-state index in [0.29, 0.717) is 5.75 Å². The molecule has 2 heterocycles. The van der Waals surface area contributed by atoms with Crippen molar-refractivity contribution in [1.82, 2.24) is 4.57 Å². The number of hydrogen-bond donors (Lipinski definition) is 0. The zero-order valence-electron chi connectivity index (χ0n) is 34.8. The zero-order valence-corrected chi connectivity index (χ0v) is 34.8. The molecule has 298 valence electrons. The van der Waals surface area contributed by atoms with Gasteiger partial charge in [0.25, 0.3) is 0 Å². The monoisotopic (exact) mass is 808 g/mol. The number of para-hydroxylation sites is 3. The summed E-state index contributed by atoms with van der Waals surface area (Å²) in [6, 6.07) is 74.4. The maximum atomic E-state index is 6.37. The first-order chi connectivity index (χ1) is 31.0. The first-order valence-electron chi connectivity index (χ1n) is 21.7. The van der Waals surface area contributed by atoms with Gasteiger partial charge in [0, 0.05) is 45.0 Å². The second-order valence-corrected chi connectivity index (χ2v) is 17.3. The first-order valence-corrected chi connectivity index (χ1v) is 21.7. The molecule has 0 fully saturated rings. The summed E-state index contributed by atoms with van der Waals surface area (Å²) in [6.07, 6.45) is 0. The molecule has 0 amide bonds. The van der Waals surface area contributed by atoms with Crippen molar-refractivity contribution in [3.8, 4) is 50.9 Å². The van der Waals surface area contributed by atoms with Crippen LogP contribution in [-0.2, 0) is 5.41 Å². The lowest BCUT2D eigenvalue weighted by Gasteiger charge is -2.28. The van der Waals surface area contributed by atoms with Crippen molar-refractivity contribution >= 4 is 60.4 Å². The molecule has 1 aromatic heterocycles. The van der Waals surface area contributed by atoms with Gasteiger partial charge in [-0.3, -0.25) is 0 Å². The van der Waals surface area contributed by atoms with Crippen LogP contribution in [-0.4, -0.2) is 4.57 Å². The molecule has 4 heteroatoms. The van der Waals surface area contributed by atoms with Crippen molar-refractivity contribution < 1.29 is 9.47 Å². The Hall–Kier alpha value is -8.08. The molecular weight excluding hydrogens is 769 g/mol. The predicted octanol–water partition coefficient (Wildman–Crippen LogP) is 16.4. The van der Waals surface area contributed by atoms with Crippen molar-refractivity contribution in [1.29, 1.82) is 0 Å². The average molecular weight is 809 g/mol. The number of hydrogen-bond acceptors (Lipinski definition) is 3. The van der Waals surface area contributed by atoms with Crippen LogP contribution in [0.2, 0.25) is 0 Å². The highest BCUT2D eigenvalue weighted by molar-refractivity contribution is 6.11. The number of aromatic nitrogens is 1. The molecule has 1 aliphatic carbocycles. The van der Waals surface area contributed by atoms with Crippen LogP contribution in [0.25, 0.3) is 71.3 Å². The van der Waals surface area contributed by atoms with E-state index in [2.05, 4.69) is 205 Å². The van der Waals surface area contributed by atoms with Crippen LogP contribution in [0, 0.1) is 0 Å². The first kappa shape index (κ1) is 35.7. The maximum absolute atomic E-state index is 6.37. The van der Waals surface area contributed by atoms with Gasteiger partial charge in [-0.2, -0.15) is 0 Å². The molecule has 63 heavy (non-hydrogen) atoms. The summed E-state index contributed by atoms with van der Waals surface area (Å²) in [5.41, 5.74) is 14.2. The summed E-state index contributed by atoms with van der Waals surface area (Å²) in [5, 5.41) is 7.28. The minimum atomic E-state index is -0.112. The lowest BCUT2D eigenvalue weighted by Crippen LogP contribution is -2.16. The Bertz CT molecular complexity index is 3650. The highest BCUT2D eigenvalue weighted by Gasteiger charge is 2.36.